The maximum Gasteiger partial charge on any atom is 0.162 e. The van der Waals surface area contributed by atoms with Crippen molar-refractivity contribution in [2.45, 2.75) is 105 Å². The Morgan fingerprint density at radius 3 is 1.02 bits per heavy atom. The van der Waals surface area contributed by atoms with Gasteiger partial charge in [0.05, 0.1) is 27.8 Å². The van der Waals surface area contributed by atoms with Gasteiger partial charge in [-0.15, -0.1) is 0 Å². The van der Waals surface area contributed by atoms with Gasteiger partial charge in [0, 0.05) is 44.2 Å². The van der Waals surface area contributed by atoms with Gasteiger partial charge in [0.15, 0.2) is 5.84 Å². The van der Waals surface area contributed by atoms with Gasteiger partial charge < -0.3 is 14.0 Å². The lowest BCUT2D eigenvalue weighted by Gasteiger charge is -2.30. The van der Waals surface area contributed by atoms with Crippen molar-refractivity contribution in [1.29, 1.82) is 0 Å². The van der Waals surface area contributed by atoms with Crippen molar-refractivity contribution in [2.24, 2.45) is 5.10 Å². The molecule has 0 fully saturated rings. The van der Waals surface area contributed by atoms with E-state index in [1.54, 1.807) is 0 Å². The van der Waals surface area contributed by atoms with Crippen LogP contribution >= 0.6 is 0 Å². The van der Waals surface area contributed by atoms with E-state index in [0.29, 0.717) is 6.67 Å². The SMILES string of the molecule is CC(C)(C)c1cc(N2CN(c3cc(C(C)(C)C)cc(C(C)(C)C)c3)C(c3cc(-n4c5ccccc5c5ccccc54)cc(-n4c5ccccc5c5ccccc54)c3)=N2)cc(C(C)(C)C)c1. The number of anilines is 2. The number of rotatable bonds is 5. The molecule has 9 aromatic rings. The number of para-hydroxylation sites is 4. The van der Waals surface area contributed by atoms with Crippen molar-refractivity contribution in [3.8, 4) is 11.4 Å². The Labute approximate surface area is 385 Å². The highest BCUT2D eigenvalue weighted by molar-refractivity contribution is 6.14. The molecule has 10 rings (SSSR count). The minimum Gasteiger partial charge on any atom is -0.309 e. The molecule has 0 atom stereocenters. The van der Waals surface area contributed by atoms with Crippen LogP contribution in [0.4, 0.5) is 11.4 Å². The number of hydrazone groups is 1. The summed E-state index contributed by atoms with van der Waals surface area (Å²) in [4.78, 5) is 2.46. The van der Waals surface area contributed by atoms with Crippen molar-refractivity contribution in [1.82, 2.24) is 9.13 Å². The largest absolute Gasteiger partial charge is 0.309 e. The van der Waals surface area contributed by atoms with E-state index in [9.17, 15) is 0 Å². The molecule has 0 radical (unpaired) electrons. The normalized spacial score (nSPS) is 14.1. The predicted octanol–water partition coefficient (Wildman–Crippen LogP) is 15.7. The summed E-state index contributed by atoms with van der Waals surface area (Å²) in [5, 5.41) is 13.0. The quantitative estimate of drug-likeness (QED) is 0.173. The first-order chi connectivity index (χ1) is 30.7. The van der Waals surface area contributed by atoms with Gasteiger partial charge in [-0.05, 0) is 111 Å². The molecule has 328 valence electrons. The van der Waals surface area contributed by atoms with Crippen molar-refractivity contribution in [3.05, 3.63) is 179 Å². The minimum absolute atomic E-state index is 0.0432. The van der Waals surface area contributed by atoms with Crippen LogP contribution in [0, 0.1) is 0 Å². The third-order valence-corrected chi connectivity index (χ3v) is 13.5. The summed E-state index contributed by atoms with van der Waals surface area (Å²) in [7, 11) is 0. The molecule has 65 heavy (non-hydrogen) atoms. The average molecular weight is 854 g/mol. The average Bonchev–Trinajstić information content (AvgIpc) is 3.96. The first kappa shape index (κ1) is 42.4. The fourth-order valence-electron chi connectivity index (χ4n) is 9.60. The van der Waals surface area contributed by atoms with Crippen LogP contribution in [0.15, 0.2) is 157 Å². The van der Waals surface area contributed by atoms with Crippen molar-refractivity contribution < 1.29 is 0 Å². The molecule has 0 unspecified atom stereocenters. The van der Waals surface area contributed by atoms with Crippen molar-refractivity contribution in [3.63, 3.8) is 0 Å². The number of benzene rings is 7. The lowest BCUT2D eigenvalue weighted by molar-refractivity contribution is 0.568. The van der Waals surface area contributed by atoms with E-state index in [-0.39, 0.29) is 21.7 Å². The van der Waals surface area contributed by atoms with Crippen LogP contribution in [0.25, 0.3) is 55.0 Å². The third-order valence-electron chi connectivity index (χ3n) is 13.5. The van der Waals surface area contributed by atoms with Crippen LogP contribution < -0.4 is 9.91 Å². The lowest BCUT2D eigenvalue weighted by Crippen LogP contribution is -2.32. The highest BCUT2D eigenvalue weighted by Crippen LogP contribution is 2.41. The van der Waals surface area contributed by atoms with E-state index in [1.807, 2.05) is 0 Å². The topological polar surface area (TPSA) is 28.7 Å². The van der Waals surface area contributed by atoms with Gasteiger partial charge in [0.1, 0.15) is 6.67 Å². The highest BCUT2D eigenvalue weighted by Gasteiger charge is 2.32. The standard InChI is InChI=1S/C60H63N5/c1-57(2,3)40-31-41(58(4,5)6)34-44(33-40)62-38-63(45-35-42(59(7,8)9)32-43(36-45)60(10,11)12)61-56(62)39-29-46(64-52-25-17-13-21-48(52)49-22-14-18-26-53(49)64)37-47(30-39)65-54-27-19-15-23-50(54)51-24-16-20-28-55(51)65/h13-37H,38H2,1-12H3. The summed E-state index contributed by atoms with van der Waals surface area (Å²) in [6.45, 7) is 28.4. The molecule has 0 aliphatic carbocycles. The van der Waals surface area contributed by atoms with Crippen LogP contribution in [0.1, 0.15) is 111 Å². The number of hydrogen-bond acceptors (Lipinski definition) is 3. The number of hydrogen-bond donors (Lipinski definition) is 0. The van der Waals surface area contributed by atoms with E-state index in [2.05, 4.69) is 254 Å². The smallest absolute Gasteiger partial charge is 0.162 e. The monoisotopic (exact) mass is 854 g/mol. The van der Waals surface area contributed by atoms with Gasteiger partial charge in [-0.3, -0.25) is 0 Å². The van der Waals surface area contributed by atoms with Gasteiger partial charge in [0.25, 0.3) is 0 Å². The summed E-state index contributed by atoms with van der Waals surface area (Å²) >= 11 is 0. The van der Waals surface area contributed by atoms with Gasteiger partial charge in [-0.2, -0.15) is 5.10 Å². The van der Waals surface area contributed by atoms with Crippen molar-refractivity contribution >= 4 is 60.8 Å². The molecule has 0 spiro atoms. The van der Waals surface area contributed by atoms with Crippen LogP contribution in [-0.4, -0.2) is 21.6 Å². The summed E-state index contributed by atoms with van der Waals surface area (Å²) in [6.07, 6.45) is 0. The van der Waals surface area contributed by atoms with E-state index in [1.165, 1.54) is 65.9 Å². The molecule has 0 saturated heterocycles. The molecule has 7 aromatic carbocycles. The molecule has 2 aromatic heterocycles. The van der Waals surface area contributed by atoms with Gasteiger partial charge >= 0.3 is 0 Å². The Hall–Kier alpha value is -6.59. The first-order valence-electron chi connectivity index (χ1n) is 23.3. The second-order valence-corrected chi connectivity index (χ2v) is 22.4. The number of fused-ring (bicyclic) bond motifs is 6. The highest BCUT2D eigenvalue weighted by atomic mass is 15.6. The number of aromatic nitrogens is 2. The molecule has 0 amide bonds. The number of nitrogens with zero attached hydrogens (tertiary/aromatic N) is 5. The zero-order valence-electron chi connectivity index (χ0n) is 40.4. The molecule has 1 aliphatic heterocycles. The van der Waals surface area contributed by atoms with Crippen molar-refractivity contribution in [2.75, 3.05) is 16.6 Å². The van der Waals surface area contributed by atoms with E-state index < -0.39 is 0 Å². The second-order valence-electron chi connectivity index (χ2n) is 22.4. The molecule has 1 aliphatic rings. The second kappa shape index (κ2) is 15.0. The van der Waals surface area contributed by atoms with E-state index in [0.717, 1.165) is 34.1 Å². The van der Waals surface area contributed by atoms with E-state index in [4.69, 9.17) is 5.10 Å². The maximum atomic E-state index is 5.77. The fourth-order valence-corrected chi connectivity index (χ4v) is 9.60. The zero-order chi connectivity index (χ0) is 45.8. The van der Waals surface area contributed by atoms with Crippen LogP contribution in [0.5, 0.6) is 0 Å². The Morgan fingerprint density at radius 2 is 0.677 bits per heavy atom. The summed E-state index contributed by atoms with van der Waals surface area (Å²) in [6, 6.07) is 56.7. The molecular weight excluding hydrogens is 791 g/mol. The lowest BCUT2D eigenvalue weighted by atomic mass is 9.80. The zero-order valence-corrected chi connectivity index (χ0v) is 40.4. The Kier molecular flexibility index (Phi) is 9.77. The molecule has 0 N–H and O–H groups in total. The molecule has 3 heterocycles. The summed E-state index contributed by atoms with van der Waals surface area (Å²) in [5.41, 5.74) is 15.2. The minimum atomic E-state index is -0.0600. The van der Waals surface area contributed by atoms with Crippen LogP contribution in [-0.2, 0) is 21.7 Å². The Morgan fingerprint density at radius 1 is 0.354 bits per heavy atom. The molecule has 0 bridgehead atoms. The predicted molar refractivity (Wildman–Crippen MR) is 279 cm³/mol. The van der Waals surface area contributed by atoms with Crippen LogP contribution in [0.2, 0.25) is 0 Å². The number of amidine groups is 1. The molecular formula is C60H63N5. The Balaban J connectivity index is 1.29. The molecule has 5 heteroatoms. The van der Waals surface area contributed by atoms with Gasteiger partial charge in [-0.1, -0.05) is 168 Å². The first-order valence-corrected chi connectivity index (χ1v) is 23.3. The molecule has 5 nitrogen and oxygen atoms in total. The fraction of sp³-hybridized carbons (Fsp3) is 0.283. The van der Waals surface area contributed by atoms with E-state index >= 15 is 0 Å². The van der Waals surface area contributed by atoms with Gasteiger partial charge in [0.2, 0.25) is 0 Å². The van der Waals surface area contributed by atoms with Gasteiger partial charge in [-0.25, -0.2) is 5.01 Å². The third kappa shape index (κ3) is 7.49. The maximum absolute atomic E-state index is 5.77. The molecule has 0 saturated carbocycles. The summed E-state index contributed by atoms with van der Waals surface area (Å²) < 4.78 is 4.90. The van der Waals surface area contributed by atoms with Crippen LogP contribution in [0.3, 0.4) is 0 Å². The summed E-state index contributed by atoms with van der Waals surface area (Å²) in [5.74, 6) is 0.916. The Bertz CT molecular complexity index is 3040.